The van der Waals surface area contributed by atoms with Gasteiger partial charge >= 0.3 is 5.97 Å². The number of carboxylic acids is 1. The molecule has 0 spiro atoms. The van der Waals surface area contributed by atoms with Crippen LogP contribution < -0.4 is 10.1 Å². The van der Waals surface area contributed by atoms with Gasteiger partial charge in [-0.25, -0.2) is 4.79 Å². The number of hydrogen-bond donors (Lipinski definition) is 2. The Morgan fingerprint density at radius 1 is 1.28 bits per heavy atom. The zero-order chi connectivity index (χ0) is 17.8. The van der Waals surface area contributed by atoms with E-state index in [1.807, 2.05) is 19.1 Å². The van der Waals surface area contributed by atoms with Gasteiger partial charge in [-0.15, -0.1) is 0 Å². The van der Waals surface area contributed by atoms with Crippen molar-refractivity contribution >= 4 is 17.6 Å². The summed E-state index contributed by atoms with van der Waals surface area (Å²) >= 11 is 0. The Hall–Kier alpha value is -2.12. The summed E-state index contributed by atoms with van der Waals surface area (Å²) in [7, 11) is 0. The third-order valence-corrected chi connectivity index (χ3v) is 4.43. The molecule has 0 aromatic heterocycles. The summed E-state index contributed by atoms with van der Waals surface area (Å²) in [6, 6.07) is 5.52. The molecule has 2 fully saturated rings. The van der Waals surface area contributed by atoms with E-state index in [0.717, 1.165) is 25.0 Å². The quantitative estimate of drug-likeness (QED) is 0.817. The highest BCUT2D eigenvalue weighted by molar-refractivity contribution is 5.96. The van der Waals surface area contributed by atoms with Gasteiger partial charge in [0.15, 0.2) is 6.10 Å². The lowest BCUT2D eigenvalue weighted by atomic mass is 10.1. The lowest BCUT2D eigenvalue weighted by molar-refractivity contribution is -0.150. The van der Waals surface area contributed by atoms with Crippen molar-refractivity contribution in [2.45, 2.75) is 50.9 Å². The van der Waals surface area contributed by atoms with E-state index in [-0.39, 0.29) is 12.0 Å². The Kier molecular flexibility index (Phi) is 5.55. The summed E-state index contributed by atoms with van der Waals surface area (Å²) in [4.78, 5) is 23.3. The molecule has 1 aromatic carbocycles. The van der Waals surface area contributed by atoms with Crippen LogP contribution in [-0.2, 0) is 19.1 Å². The Bertz CT molecular complexity index is 640. The molecule has 2 heterocycles. The van der Waals surface area contributed by atoms with Crippen molar-refractivity contribution in [2.24, 2.45) is 0 Å². The van der Waals surface area contributed by atoms with Gasteiger partial charge in [-0.05, 0) is 50.3 Å². The minimum atomic E-state index is -1.04. The van der Waals surface area contributed by atoms with E-state index in [1.165, 1.54) is 0 Å². The van der Waals surface area contributed by atoms with E-state index in [9.17, 15) is 9.59 Å². The number of anilines is 1. The fourth-order valence-electron chi connectivity index (χ4n) is 3.04. The summed E-state index contributed by atoms with van der Waals surface area (Å²) in [5, 5.41) is 11.8. The number of ether oxygens (including phenoxy) is 3. The molecule has 2 N–H and O–H groups in total. The van der Waals surface area contributed by atoms with Crippen LogP contribution in [0.15, 0.2) is 18.2 Å². The number of hydrogen-bond acceptors (Lipinski definition) is 5. The van der Waals surface area contributed by atoms with Crippen molar-refractivity contribution in [3.8, 4) is 5.75 Å². The number of aliphatic carboxylic acids is 1. The van der Waals surface area contributed by atoms with Gasteiger partial charge in [0, 0.05) is 6.61 Å². The molecule has 1 aromatic rings. The van der Waals surface area contributed by atoms with Crippen LogP contribution in [0, 0.1) is 6.92 Å². The molecule has 3 rings (SSSR count). The molecule has 2 aliphatic rings. The van der Waals surface area contributed by atoms with Crippen LogP contribution in [0.3, 0.4) is 0 Å². The fraction of sp³-hybridized carbons (Fsp3) is 0.556. The first-order valence-corrected chi connectivity index (χ1v) is 8.57. The van der Waals surface area contributed by atoms with Crippen LogP contribution in [0.2, 0.25) is 0 Å². The maximum absolute atomic E-state index is 12.4. The lowest BCUT2D eigenvalue weighted by Crippen LogP contribution is -2.30. The first-order chi connectivity index (χ1) is 12.0. The van der Waals surface area contributed by atoms with E-state index in [4.69, 9.17) is 19.3 Å². The number of carbonyl (C=O) groups is 2. The molecule has 2 aliphatic heterocycles. The van der Waals surface area contributed by atoms with Gasteiger partial charge in [0.25, 0.3) is 5.91 Å². The van der Waals surface area contributed by atoms with E-state index in [2.05, 4.69) is 5.32 Å². The first kappa shape index (κ1) is 17.7. The van der Waals surface area contributed by atoms with Crippen molar-refractivity contribution in [3.05, 3.63) is 23.8 Å². The molecule has 2 saturated heterocycles. The molecule has 0 radical (unpaired) electrons. The van der Waals surface area contributed by atoms with Gasteiger partial charge in [-0.2, -0.15) is 0 Å². The Morgan fingerprint density at radius 2 is 2.08 bits per heavy atom. The maximum Gasteiger partial charge on any atom is 0.332 e. The zero-order valence-corrected chi connectivity index (χ0v) is 14.2. The number of amides is 1. The number of aryl methyl sites for hydroxylation is 1. The van der Waals surface area contributed by atoms with E-state index < -0.39 is 18.2 Å². The summed E-state index contributed by atoms with van der Waals surface area (Å²) in [5.74, 6) is -0.808. The summed E-state index contributed by atoms with van der Waals surface area (Å²) in [6.07, 6.45) is 1.15. The summed E-state index contributed by atoms with van der Waals surface area (Å²) in [5.41, 5.74) is 1.57. The van der Waals surface area contributed by atoms with E-state index in [0.29, 0.717) is 30.9 Å². The van der Waals surface area contributed by atoms with Crippen LogP contribution in [0.5, 0.6) is 5.75 Å². The highest BCUT2D eigenvalue weighted by Crippen LogP contribution is 2.28. The molecule has 0 aliphatic carbocycles. The van der Waals surface area contributed by atoms with Gasteiger partial charge in [0.05, 0.1) is 11.8 Å². The normalized spacial score (nSPS) is 25.7. The smallest absolute Gasteiger partial charge is 0.332 e. The highest BCUT2D eigenvalue weighted by Gasteiger charge is 2.35. The van der Waals surface area contributed by atoms with Crippen molar-refractivity contribution in [3.63, 3.8) is 0 Å². The van der Waals surface area contributed by atoms with Crippen molar-refractivity contribution in [2.75, 3.05) is 18.5 Å². The second-order valence-corrected chi connectivity index (χ2v) is 6.46. The summed E-state index contributed by atoms with van der Waals surface area (Å²) in [6.45, 7) is 3.14. The average molecular weight is 349 g/mol. The summed E-state index contributed by atoms with van der Waals surface area (Å²) < 4.78 is 16.7. The molecular weight excluding hydrogens is 326 g/mol. The minimum absolute atomic E-state index is 0.0820. The van der Waals surface area contributed by atoms with Gasteiger partial charge in [0.1, 0.15) is 18.5 Å². The zero-order valence-electron chi connectivity index (χ0n) is 14.2. The van der Waals surface area contributed by atoms with Crippen LogP contribution in [0.4, 0.5) is 5.69 Å². The van der Waals surface area contributed by atoms with E-state index in [1.54, 1.807) is 6.07 Å². The van der Waals surface area contributed by atoms with Crippen LogP contribution in [0.25, 0.3) is 0 Å². The molecule has 25 heavy (non-hydrogen) atoms. The number of benzene rings is 1. The largest absolute Gasteiger partial charge is 0.489 e. The monoisotopic (exact) mass is 349 g/mol. The second-order valence-electron chi connectivity index (χ2n) is 6.46. The molecule has 7 nitrogen and oxygen atoms in total. The maximum atomic E-state index is 12.4. The van der Waals surface area contributed by atoms with Gasteiger partial charge in [-0.1, -0.05) is 6.07 Å². The number of carbonyl (C=O) groups excluding carboxylic acids is 1. The number of carboxylic acid groups (broad SMARTS) is 1. The molecule has 1 unspecified atom stereocenters. The number of rotatable bonds is 6. The van der Waals surface area contributed by atoms with Gasteiger partial charge < -0.3 is 24.6 Å². The predicted octanol–water partition coefficient (Wildman–Crippen LogP) is 2.12. The average Bonchev–Trinajstić information content (AvgIpc) is 3.26. The molecule has 3 atom stereocenters. The number of nitrogens with one attached hydrogen (secondary N) is 1. The third kappa shape index (κ3) is 4.49. The topological polar surface area (TPSA) is 94.1 Å². The van der Waals surface area contributed by atoms with Crippen LogP contribution in [0.1, 0.15) is 31.2 Å². The van der Waals surface area contributed by atoms with Crippen LogP contribution in [-0.4, -0.2) is 48.5 Å². The molecule has 0 bridgehead atoms. The molecule has 0 saturated carbocycles. The predicted molar refractivity (Wildman–Crippen MR) is 89.8 cm³/mol. The Morgan fingerprint density at radius 3 is 2.76 bits per heavy atom. The van der Waals surface area contributed by atoms with Crippen LogP contribution >= 0.6 is 0 Å². The van der Waals surface area contributed by atoms with Crippen molar-refractivity contribution < 1.29 is 28.9 Å². The van der Waals surface area contributed by atoms with Gasteiger partial charge in [-0.3, -0.25) is 4.79 Å². The molecule has 1 amide bonds. The first-order valence-electron chi connectivity index (χ1n) is 8.57. The third-order valence-electron chi connectivity index (χ3n) is 4.43. The Labute approximate surface area is 146 Å². The standard InChI is InChI=1S/C18H23NO6/c1-11-4-5-13(16(9-11)24-10-12-3-2-8-23-12)19-17(20)14-6-7-15(25-14)18(21)22/h4-5,9,12,14-15H,2-3,6-8,10H2,1H3,(H,19,20)(H,21,22)/t12?,14-,15+/m0/s1. The molecular formula is C18H23NO6. The Balaban J connectivity index is 1.63. The van der Waals surface area contributed by atoms with E-state index >= 15 is 0 Å². The molecule has 136 valence electrons. The fourth-order valence-corrected chi connectivity index (χ4v) is 3.04. The minimum Gasteiger partial charge on any atom is -0.489 e. The highest BCUT2D eigenvalue weighted by atomic mass is 16.5. The van der Waals surface area contributed by atoms with Crippen molar-refractivity contribution in [1.29, 1.82) is 0 Å². The SMILES string of the molecule is Cc1ccc(NC(=O)[C@@H]2CC[C@H](C(=O)O)O2)c(OCC2CCCO2)c1. The van der Waals surface area contributed by atoms with Gasteiger partial charge in [0.2, 0.25) is 0 Å². The van der Waals surface area contributed by atoms with Crippen molar-refractivity contribution in [1.82, 2.24) is 0 Å². The molecule has 7 heteroatoms. The second kappa shape index (κ2) is 7.84. The lowest BCUT2D eigenvalue weighted by Gasteiger charge is -2.17.